The molecule has 0 spiro atoms. The Morgan fingerprint density at radius 3 is 0.686 bits per heavy atom. The van der Waals surface area contributed by atoms with Crippen molar-refractivity contribution in [3.63, 3.8) is 0 Å². The molecular weight excluding hydrogens is 424 g/mol. The molecule has 0 aromatic heterocycles. The molecule has 0 radical (unpaired) electrons. The maximum atomic E-state index is 7.44. The minimum Gasteiger partial charge on any atom is -0.356 e. The summed E-state index contributed by atoms with van der Waals surface area (Å²) in [4.78, 5) is 0. The van der Waals surface area contributed by atoms with Crippen LogP contribution in [-0.4, -0.2) is 0 Å². The van der Waals surface area contributed by atoms with Crippen molar-refractivity contribution in [3.8, 4) is 0 Å². The molecular formula is C34H38O. The molecule has 0 unspecified atom stereocenters. The lowest BCUT2D eigenvalue weighted by Crippen LogP contribution is -2.19. The molecule has 0 aliphatic rings. The van der Waals surface area contributed by atoms with Gasteiger partial charge in [-0.05, 0) is 122 Å². The fraction of sp³-hybridized carbons (Fsp3) is 0.294. The molecule has 4 aromatic carbocycles. The third kappa shape index (κ3) is 4.83. The van der Waals surface area contributed by atoms with Crippen LogP contribution in [0.15, 0.2) is 72.8 Å². The second kappa shape index (κ2) is 10.2. The van der Waals surface area contributed by atoms with E-state index < -0.39 is 0 Å². The summed E-state index contributed by atoms with van der Waals surface area (Å²) in [5, 5.41) is 0. The predicted molar refractivity (Wildman–Crippen MR) is 148 cm³/mol. The molecule has 1 nitrogen and oxygen atoms in total. The van der Waals surface area contributed by atoms with Crippen LogP contribution in [0.1, 0.15) is 79.0 Å². The second-order valence-electron chi connectivity index (χ2n) is 10.1. The molecule has 1 heteroatoms. The molecule has 0 bridgehead atoms. The highest BCUT2D eigenvalue weighted by Gasteiger charge is 2.30. The zero-order chi connectivity index (χ0) is 25.3. The minimum atomic E-state index is -0.180. The molecule has 0 N–H and O–H groups in total. The van der Waals surface area contributed by atoms with Gasteiger partial charge in [-0.25, -0.2) is 0 Å². The summed E-state index contributed by atoms with van der Waals surface area (Å²) >= 11 is 0. The van der Waals surface area contributed by atoms with Gasteiger partial charge in [-0.3, -0.25) is 0 Å². The molecule has 35 heavy (non-hydrogen) atoms. The summed E-state index contributed by atoms with van der Waals surface area (Å²) < 4.78 is 7.44. The molecule has 0 amide bonds. The zero-order valence-electron chi connectivity index (χ0n) is 22.5. The van der Waals surface area contributed by atoms with Gasteiger partial charge in [0.05, 0.1) is 0 Å². The number of rotatable bonds is 6. The van der Waals surface area contributed by atoms with Gasteiger partial charge in [0.2, 0.25) is 0 Å². The average Bonchev–Trinajstić information content (AvgIpc) is 2.78. The molecule has 0 aliphatic carbocycles. The van der Waals surface area contributed by atoms with E-state index in [1.165, 1.54) is 66.8 Å². The summed E-state index contributed by atoms with van der Waals surface area (Å²) in [7, 11) is 0. The van der Waals surface area contributed by atoms with Gasteiger partial charge in [-0.1, -0.05) is 72.8 Å². The van der Waals surface area contributed by atoms with E-state index in [2.05, 4.69) is 128 Å². The summed E-state index contributed by atoms with van der Waals surface area (Å²) in [6, 6.07) is 26.2. The third-order valence-corrected chi connectivity index (χ3v) is 7.49. The fourth-order valence-corrected chi connectivity index (χ4v) is 5.66. The first kappa shape index (κ1) is 24.9. The Kier molecular flexibility index (Phi) is 7.28. The van der Waals surface area contributed by atoms with E-state index in [1.54, 1.807) is 0 Å². The molecule has 0 heterocycles. The Morgan fingerprint density at radius 2 is 0.514 bits per heavy atom. The van der Waals surface area contributed by atoms with Crippen molar-refractivity contribution in [2.24, 2.45) is 0 Å². The van der Waals surface area contributed by atoms with Gasteiger partial charge in [0, 0.05) is 0 Å². The highest BCUT2D eigenvalue weighted by atomic mass is 16.5. The van der Waals surface area contributed by atoms with Crippen molar-refractivity contribution in [1.29, 1.82) is 0 Å². The summed E-state index contributed by atoms with van der Waals surface area (Å²) in [6.07, 6.45) is -0.360. The van der Waals surface area contributed by atoms with Gasteiger partial charge in [-0.15, -0.1) is 0 Å². The Morgan fingerprint density at radius 1 is 0.343 bits per heavy atom. The molecule has 4 rings (SSSR count). The standard InChI is InChI=1S/C34H38O/c1-21-13-9-14-22(2)29(21)33(30-23(3)15-10-16-24(30)4)35-34(31-25(5)17-11-18-26(31)6)32-27(7)19-12-20-28(32)8/h9-20,33-34H,1-8H3. The van der Waals surface area contributed by atoms with Crippen LogP contribution >= 0.6 is 0 Å². The van der Waals surface area contributed by atoms with Crippen molar-refractivity contribution in [2.75, 3.05) is 0 Å². The lowest BCUT2D eigenvalue weighted by Gasteiger charge is -2.33. The molecule has 4 aromatic rings. The first-order chi connectivity index (χ1) is 16.7. The SMILES string of the molecule is Cc1cccc(C)c1C(OC(c1c(C)cccc1C)c1c(C)cccc1C)c1c(C)cccc1C. The van der Waals surface area contributed by atoms with Crippen LogP contribution in [0.2, 0.25) is 0 Å². The van der Waals surface area contributed by atoms with Crippen LogP contribution in [0, 0.1) is 55.4 Å². The first-order valence-electron chi connectivity index (χ1n) is 12.6. The predicted octanol–water partition coefficient (Wildman–Crippen LogP) is 9.05. The van der Waals surface area contributed by atoms with Crippen molar-refractivity contribution < 1.29 is 4.74 Å². The largest absolute Gasteiger partial charge is 0.356 e. The number of benzene rings is 4. The number of aryl methyl sites for hydroxylation is 8. The lowest BCUT2D eigenvalue weighted by atomic mass is 9.86. The maximum Gasteiger partial charge on any atom is 0.110 e. The Bertz CT molecular complexity index is 1070. The van der Waals surface area contributed by atoms with Crippen LogP contribution in [0.3, 0.4) is 0 Å². The quantitative estimate of drug-likeness (QED) is 0.278. The van der Waals surface area contributed by atoms with Crippen molar-refractivity contribution in [1.82, 2.24) is 0 Å². The maximum absolute atomic E-state index is 7.44. The lowest BCUT2D eigenvalue weighted by molar-refractivity contribution is 0.0282. The van der Waals surface area contributed by atoms with E-state index in [-0.39, 0.29) is 12.2 Å². The number of ether oxygens (including phenoxy) is 1. The van der Waals surface area contributed by atoms with E-state index in [9.17, 15) is 0 Å². The van der Waals surface area contributed by atoms with Gasteiger partial charge in [0.25, 0.3) is 0 Å². The van der Waals surface area contributed by atoms with Crippen molar-refractivity contribution in [3.05, 3.63) is 140 Å². The van der Waals surface area contributed by atoms with E-state index >= 15 is 0 Å². The third-order valence-electron chi connectivity index (χ3n) is 7.49. The Labute approximate surface area is 211 Å². The number of hydrogen-bond donors (Lipinski definition) is 0. The highest BCUT2D eigenvalue weighted by molar-refractivity contribution is 5.49. The first-order valence-corrected chi connectivity index (χ1v) is 12.6. The van der Waals surface area contributed by atoms with E-state index in [4.69, 9.17) is 4.74 Å². The summed E-state index contributed by atoms with van der Waals surface area (Å²) in [5.41, 5.74) is 15.2. The van der Waals surface area contributed by atoms with Crippen LogP contribution in [0.25, 0.3) is 0 Å². The van der Waals surface area contributed by atoms with Gasteiger partial charge < -0.3 is 4.74 Å². The molecule has 0 saturated carbocycles. The smallest absolute Gasteiger partial charge is 0.110 e. The van der Waals surface area contributed by atoms with E-state index in [1.807, 2.05) is 0 Å². The Balaban J connectivity index is 2.02. The van der Waals surface area contributed by atoms with Crippen LogP contribution < -0.4 is 0 Å². The zero-order valence-corrected chi connectivity index (χ0v) is 22.5. The fourth-order valence-electron chi connectivity index (χ4n) is 5.66. The van der Waals surface area contributed by atoms with Crippen molar-refractivity contribution in [2.45, 2.75) is 67.6 Å². The molecule has 0 fully saturated rings. The summed E-state index contributed by atoms with van der Waals surface area (Å²) in [6.45, 7) is 17.7. The topological polar surface area (TPSA) is 9.23 Å². The van der Waals surface area contributed by atoms with Gasteiger partial charge in [-0.2, -0.15) is 0 Å². The van der Waals surface area contributed by atoms with Crippen LogP contribution in [-0.2, 0) is 4.74 Å². The summed E-state index contributed by atoms with van der Waals surface area (Å²) in [5.74, 6) is 0. The van der Waals surface area contributed by atoms with Gasteiger partial charge in [0.15, 0.2) is 0 Å². The van der Waals surface area contributed by atoms with Crippen molar-refractivity contribution >= 4 is 0 Å². The minimum absolute atomic E-state index is 0.180. The Hall–Kier alpha value is -3.16. The normalized spacial score (nSPS) is 11.5. The molecule has 0 aliphatic heterocycles. The number of hydrogen-bond acceptors (Lipinski definition) is 1. The van der Waals surface area contributed by atoms with Gasteiger partial charge in [0.1, 0.15) is 12.2 Å². The molecule has 0 atom stereocenters. The van der Waals surface area contributed by atoms with Gasteiger partial charge >= 0.3 is 0 Å². The van der Waals surface area contributed by atoms with E-state index in [0.29, 0.717) is 0 Å². The average molecular weight is 463 g/mol. The molecule has 0 saturated heterocycles. The highest BCUT2D eigenvalue weighted by Crippen LogP contribution is 2.43. The monoisotopic (exact) mass is 462 g/mol. The van der Waals surface area contributed by atoms with Crippen LogP contribution in [0.4, 0.5) is 0 Å². The van der Waals surface area contributed by atoms with Crippen LogP contribution in [0.5, 0.6) is 0 Å². The van der Waals surface area contributed by atoms with E-state index in [0.717, 1.165) is 0 Å². The molecule has 180 valence electrons. The second-order valence-corrected chi connectivity index (χ2v) is 10.1.